The Bertz CT molecular complexity index is 496. The SMILES string of the molecule is CCOc1ccc(-c2nc(Cl)c(CO)s2)cc1. The van der Waals surface area contributed by atoms with Gasteiger partial charge in [0.05, 0.1) is 18.1 Å². The van der Waals surface area contributed by atoms with E-state index >= 15 is 0 Å². The fourth-order valence-corrected chi connectivity index (χ4v) is 2.54. The summed E-state index contributed by atoms with van der Waals surface area (Å²) < 4.78 is 5.36. The van der Waals surface area contributed by atoms with E-state index in [4.69, 9.17) is 21.4 Å². The van der Waals surface area contributed by atoms with E-state index in [1.807, 2.05) is 31.2 Å². The van der Waals surface area contributed by atoms with Crippen LogP contribution in [-0.2, 0) is 6.61 Å². The maximum atomic E-state index is 9.06. The fraction of sp³-hybridized carbons (Fsp3) is 0.250. The van der Waals surface area contributed by atoms with Crippen molar-refractivity contribution in [3.8, 4) is 16.3 Å². The van der Waals surface area contributed by atoms with Crippen LogP contribution in [0.1, 0.15) is 11.8 Å². The lowest BCUT2D eigenvalue weighted by Gasteiger charge is -2.02. The molecule has 0 aliphatic carbocycles. The summed E-state index contributed by atoms with van der Waals surface area (Å²) in [7, 11) is 0. The van der Waals surface area contributed by atoms with Crippen LogP contribution >= 0.6 is 22.9 Å². The third-order valence-corrected chi connectivity index (χ3v) is 3.72. The number of thiazole rings is 1. The Morgan fingerprint density at radius 3 is 2.59 bits per heavy atom. The Morgan fingerprint density at radius 2 is 2.06 bits per heavy atom. The normalized spacial score (nSPS) is 10.5. The lowest BCUT2D eigenvalue weighted by molar-refractivity contribution is 0.285. The molecular weight excluding hydrogens is 258 g/mol. The van der Waals surface area contributed by atoms with E-state index in [2.05, 4.69) is 4.98 Å². The smallest absolute Gasteiger partial charge is 0.146 e. The van der Waals surface area contributed by atoms with Crippen molar-refractivity contribution >= 4 is 22.9 Å². The Balaban J connectivity index is 2.26. The van der Waals surface area contributed by atoms with Crippen LogP contribution in [0.25, 0.3) is 10.6 Å². The fourth-order valence-electron chi connectivity index (χ4n) is 1.41. The number of aliphatic hydroxyl groups excluding tert-OH is 1. The average Bonchev–Trinajstić information content (AvgIpc) is 2.72. The molecule has 0 fully saturated rings. The van der Waals surface area contributed by atoms with Crippen LogP contribution < -0.4 is 4.74 Å². The summed E-state index contributed by atoms with van der Waals surface area (Å²) in [5.41, 5.74) is 0.972. The molecule has 0 saturated heterocycles. The summed E-state index contributed by atoms with van der Waals surface area (Å²) in [6.45, 7) is 2.52. The summed E-state index contributed by atoms with van der Waals surface area (Å²) in [6, 6.07) is 7.65. The number of hydrogen-bond acceptors (Lipinski definition) is 4. The number of hydrogen-bond donors (Lipinski definition) is 1. The van der Waals surface area contributed by atoms with Gasteiger partial charge in [0, 0.05) is 5.56 Å². The Labute approximate surface area is 109 Å². The van der Waals surface area contributed by atoms with E-state index in [1.54, 1.807) is 0 Å². The molecule has 1 heterocycles. The minimum atomic E-state index is -0.0759. The zero-order valence-corrected chi connectivity index (χ0v) is 10.9. The van der Waals surface area contributed by atoms with E-state index in [-0.39, 0.29) is 6.61 Å². The molecule has 3 nitrogen and oxygen atoms in total. The second-order valence-corrected chi connectivity index (χ2v) is 4.79. The highest BCUT2D eigenvalue weighted by Gasteiger charge is 2.09. The van der Waals surface area contributed by atoms with Gasteiger partial charge in [-0.1, -0.05) is 11.6 Å². The van der Waals surface area contributed by atoms with Crippen LogP contribution in [-0.4, -0.2) is 16.7 Å². The molecule has 0 unspecified atom stereocenters. The van der Waals surface area contributed by atoms with Crippen LogP contribution in [0.4, 0.5) is 0 Å². The van der Waals surface area contributed by atoms with Gasteiger partial charge in [0.25, 0.3) is 0 Å². The zero-order chi connectivity index (χ0) is 12.3. The van der Waals surface area contributed by atoms with E-state index in [9.17, 15) is 0 Å². The van der Waals surface area contributed by atoms with Crippen molar-refractivity contribution in [2.75, 3.05) is 6.61 Å². The first-order valence-electron chi connectivity index (χ1n) is 5.24. The molecule has 90 valence electrons. The van der Waals surface area contributed by atoms with Gasteiger partial charge in [0.2, 0.25) is 0 Å². The molecule has 0 spiro atoms. The molecule has 0 atom stereocenters. The summed E-state index contributed by atoms with van der Waals surface area (Å²) in [5, 5.41) is 10.2. The summed E-state index contributed by atoms with van der Waals surface area (Å²) in [4.78, 5) is 4.90. The maximum absolute atomic E-state index is 9.06. The van der Waals surface area contributed by atoms with Crippen LogP contribution in [0.3, 0.4) is 0 Å². The zero-order valence-electron chi connectivity index (χ0n) is 9.31. The van der Waals surface area contributed by atoms with Crippen LogP contribution in [0.5, 0.6) is 5.75 Å². The largest absolute Gasteiger partial charge is 0.494 e. The highest BCUT2D eigenvalue weighted by molar-refractivity contribution is 7.15. The second-order valence-electron chi connectivity index (χ2n) is 3.35. The number of aromatic nitrogens is 1. The molecular formula is C12H12ClNO2S. The van der Waals surface area contributed by atoms with E-state index < -0.39 is 0 Å². The van der Waals surface area contributed by atoms with Crippen molar-refractivity contribution in [3.05, 3.63) is 34.3 Å². The number of benzene rings is 1. The van der Waals surface area contributed by atoms with Crippen molar-refractivity contribution in [3.63, 3.8) is 0 Å². The van der Waals surface area contributed by atoms with Gasteiger partial charge < -0.3 is 9.84 Å². The van der Waals surface area contributed by atoms with E-state index in [1.165, 1.54) is 11.3 Å². The van der Waals surface area contributed by atoms with E-state index in [0.717, 1.165) is 16.3 Å². The minimum Gasteiger partial charge on any atom is -0.494 e. The van der Waals surface area contributed by atoms with Gasteiger partial charge in [0.1, 0.15) is 15.9 Å². The molecule has 0 radical (unpaired) electrons. The van der Waals surface area contributed by atoms with Crippen molar-refractivity contribution < 1.29 is 9.84 Å². The molecule has 17 heavy (non-hydrogen) atoms. The van der Waals surface area contributed by atoms with Crippen LogP contribution in [0.15, 0.2) is 24.3 Å². The molecule has 1 N–H and O–H groups in total. The minimum absolute atomic E-state index is 0.0759. The van der Waals surface area contributed by atoms with E-state index in [0.29, 0.717) is 16.6 Å². The topological polar surface area (TPSA) is 42.4 Å². The molecule has 0 bridgehead atoms. The van der Waals surface area contributed by atoms with Gasteiger partial charge in [-0.25, -0.2) is 4.98 Å². The quantitative estimate of drug-likeness (QED) is 0.925. The van der Waals surface area contributed by atoms with Crippen LogP contribution in [0.2, 0.25) is 5.15 Å². The van der Waals surface area contributed by atoms with Crippen molar-refractivity contribution in [1.82, 2.24) is 4.98 Å². The number of ether oxygens (including phenoxy) is 1. The molecule has 0 aliphatic heterocycles. The van der Waals surface area contributed by atoms with Gasteiger partial charge >= 0.3 is 0 Å². The van der Waals surface area contributed by atoms with Gasteiger partial charge in [0.15, 0.2) is 0 Å². The lowest BCUT2D eigenvalue weighted by atomic mass is 10.2. The van der Waals surface area contributed by atoms with Gasteiger partial charge in [-0.3, -0.25) is 0 Å². The predicted octanol–water partition coefficient (Wildman–Crippen LogP) is 3.35. The molecule has 1 aromatic heterocycles. The highest BCUT2D eigenvalue weighted by Crippen LogP contribution is 2.31. The molecule has 0 saturated carbocycles. The average molecular weight is 270 g/mol. The highest BCUT2D eigenvalue weighted by atomic mass is 35.5. The number of halogens is 1. The first-order chi connectivity index (χ1) is 8.24. The number of aliphatic hydroxyl groups is 1. The molecule has 1 aromatic carbocycles. The first-order valence-corrected chi connectivity index (χ1v) is 6.43. The standard InChI is InChI=1S/C12H12ClNO2S/c1-2-16-9-5-3-8(4-6-9)12-14-11(13)10(7-15)17-12/h3-6,15H,2,7H2,1H3. The predicted molar refractivity (Wildman–Crippen MR) is 69.7 cm³/mol. The Kier molecular flexibility index (Phi) is 3.99. The van der Waals surface area contributed by atoms with Crippen molar-refractivity contribution in [1.29, 1.82) is 0 Å². The maximum Gasteiger partial charge on any atom is 0.146 e. The molecule has 5 heteroatoms. The van der Waals surface area contributed by atoms with Crippen LogP contribution in [0, 0.1) is 0 Å². The monoisotopic (exact) mass is 269 g/mol. The van der Waals surface area contributed by atoms with Crippen molar-refractivity contribution in [2.24, 2.45) is 0 Å². The van der Waals surface area contributed by atoms with Gasteiger partial charge in [-0.05, 0) is 31.2 Å². The molecule has 2 aromatic rings. The number of nitrogens with zero attached hydrogens (tertiary/aromatic N) is 1. The molecule has 0 aliphatic rings. The summed E-state index contributed by atoms with van der Waals surface area (Å²) in [6.07, 6.45) is 0. The molecule has 2 rings (SSSR count). The van der Waals surface area contributed by atoms with Gasteiger partial charge in [-0.2, -0.15) is 0 Å². The summed E-state index contributed by atoms with van der Waals surface area (Å²) >= 11 is 7.29. The summed E-state index contributed by atoms with van der Waals surface area (Å²) in [5.74, 6) is 0.835. The first kappa shape index (κ1) is 12.4. The van der Waals surface area contributed by atoms with Gasteiger partial charge in [-0.15, -0.1) is 11.3 Å². The van der Waals surface area contributed by atoms with Crippen molar-refractivity contribution in [2.45, 2.75) is 13.5 Å². The second kappa shape index (κ2) is 5.49. The molecule has 0 amide bonds. The Hall–Kier alpha value is -1.10. The third kappa shape index (κ3) is 2.77. The number of rotatable bonds is 4. The lowest BCUT2D eigenvalue weighted by Crippen LogP contribution is -1.90. The third-order valence-electron chi connectivity index (χ3n) is 2.21. The Morgan fingerprint density at radius 1 is 1.35 bits per heavy atom.